The molecule has 0 aliphatic carbocycles. The summed E-state index contributed by atoms with van der Waals surface area (Å²) < 4.78 is 35.9. The summed E-state index contributed by atoms with van der Waals surface area (Å²) in [7, 11) is -1.41. The monoisotopic (exact) mass is 398 g/mol. The Morgan fingerprint density at radius 2 is 2.19 bits per heavy atom. The second-order valence-electron chi connectivity index (χ2n) is 6.18. The maximum absolute atomic E-state index is 11.8. The molecule has 1 saturated heterocycles. The minimum Gasteiger partial charge on any atom is -0.493 e. The molecule has 0 spiro atoms. The van der Waals surface area contributed by atoms with Crippen molar-refractivity contribution in [2.24, 2.45) is 4.99 Å². The van der Waals surface area contributed by atoms with Crippen LogP contribution in [-0.4, -0.2) is 70.9 Å². The Balaban J connectivity index is 1.90. The molecule has 9 heteroatoms. The van der Waals surface area contributed by atoms with Gasteiger partial charge in [-0.05, 0) is 25.5 Å². The number of aliphatic imine (C=N–C) groups is 1. The summed E-state index contributed by atoms with van der Waals surface area (Å²) in [6.07, 6.45) is 1.53. The van der Waals surface area contributed by atoms with E-state index in [-0.39, 0.29) is 5.75 Å². The topological polar surface area (TPSA) is 92.3 Å². The Kier molecular flexibility index (Phi) is 8.83. The Hall–Kier alpha value is -1.84. The van der Waals surface area contributed by atoms with Crippen molar-refractivity contribution in [3.05, 3.63) is 24.3 Å². The number of hydrogen-bond acceptors (Lipinski definition) is 5. The maximum atomic E-state index is 11.8. The number of sulfonamides is 1. The van der Waals surface area contributed by atoms with E-state index in [0.717, 1.165) is 17.9 Å². The molecule has 27 heavy (non-hydrogen) atoms. The van der Waals surface area contributed by atoms with E-state index in [4.69, 9.17) is 9.47 Å². The van der Waals surface area contributed by atoms with Crippen LogP contribution in [0.5, 0.6) is 5.75 Å². The number of hydrogen-bond donors (Lipinski definition) is 2. The molecule has 152 valence electrons. The van der Waals surface area contributed by atoms with Gasteiger partial charge in [-0.1, -0.05) is 6.07 Å². The van der Waals surface area contributed by atoms with Crippen molar-refractivity contribution >= 4 is 21.7 Å². The number of guanidine groups is 1. The van der Waals surface area contributed by atoms with Crippen LogP contribution in [-0.2, 0) is 14.8 Å². The molecule has 1 heterocycles. The third-order valence-electron chi connectivity index (χ3n) is 4.03. The number of nitrogens with zero attached hydrogens (tertiary/aromatic N) is 2. The van der Waals surface area contributed by atoms with Crippen molar-refractivity contribution in [1.82, 2.24) is 9.62 Å². The molecule has 1 aromatic carbocycles. The van der Waals surface area contributed by atoms with Crippen molar-refractivity contribution in [3.63, 3.8) is 0 Å². The zero-order valence-electron chi connectivity index (χ0n) is 16.1. The van der Waals surface area contributed by atoms with Gasteiger partial charge in [-0.3, -0.25) is 4.99 Å². The van der Waals surface area contributed by atoms with Crippen LogP contribution in [0.1, 0.15) is 19.8 Å². The van der Waals surface area contributed by atoms with Gasteiger partial charge in [-0.15, -0.1) is 0 Å². The predicted molar refractivity (Wildman–Crippen MR) is 108 cm³/mol. The molecular formula is C18H30N4O4S. The van der Waals surface area contributed by atoms with Crippen LogP contribution < -0.4 is 15.4 Å². The fraction of sp³-hybridized carbons (Fsp3) is 0.611. The van der Waals surface area contributed by atoms with Crippen molar-refractivity contribution in [2.75, 3.05) is 57.6 Å². The zero-order chi connectivity index (χ0) is 19.5. The molecule has 2 N–H and O–H groups in total. The van der Waals surface area contributed by atoms with Gasteiger partial charge in [-0.25, -0.2) is 12.7 Å². The van der Waals surface area contributed by atoms with Gasteiger partial charge in [0.1, 0.15) is 5.75 Å². The summed E-state index contributed by atoms with van der Waals surface area (Å²) >= 11 is 0. The summed E-state index contributed by atoms with van der Waals surface area (Å²) in [5.74, 6) is 1.63. The van der Waals surface area contributed by atoms with Crippen LogP contribution in [0.2, 0.25) is 0 Å². The molecule has 1 aliphatic heterocycles. The first-order chi connectivity index (χ1) is 13.0. The minimum atomic E-state index is -3.08. The number of methoxy groups -OCH3 is 1. The van der Waals surface area contributed by atoms with Crippen molar-refractivity contribution < 1.29 is 17.9 Å². The Bertz CT molecular complexity index is 709. The summed E-state index contributed by atoms with van der Waals surface area (Å²) in [5, 5.41) is 6.40. The Morgan fingerprint density at radius 1 is 1.33 bits per heavy atom. The average molecular weight is 399 g/mol. The molecule has 1 aromatic rings. The SMILES string of the molecule is CCNC(=NCCN1CCCS1(=O)=O)Nc1cccc(OCCCOC)c1. The Morgan fingerprint density at radius 3 is 2.89 bits per heavy atom. The standard InChI is InChI=1S/C18H30N4O4S/c1-3-19-18(20-9-11-22-10-5-14-27(22,23)24)21-16-7-4-8-17(15-16)26-13-6-12-25-2/h4,7-8,15H,3,5-6,9-14H2,1-2H3,(H2,19,20,21). The molecule has 8 nitrogen and oxygen atoms in total. The minimum absolute atomic E-state index is 0.242. The van der Waals surface area contributed by atoms with Crippen LogP contribution in [0, 0.1) is 0 Å². The van der Waals surface area contributed by atoms with Crippen LogP contribution in [0.15, 0.2) is 29.3 Å². The lowest BCUT2D eigenvalue weighted by molar-refractivity contribution is 0.172. The zero-order valence-corrected chi connectivity index (χ0v) is 16.9. The normalized spacial score (nSPS) is 17.0. The summed E-state index contributed by atoms with van der Waals surface area (Å²) in [6.45, 7) is 5.35. The van der Waals surface area contributed by atoms with Gasteiger partial charge in [0.15, 0.2) is 5.96 Å². The molecule has 0 radical (unpaired) electrons. The summed E-state index contributed by atoms with van der Waals surface area (Å²) in [4.78, 5) is 4.48. The maximum Gasteiger partial charge on any atom is 0.214 e. The highest BCUT2D eigenvalue weighted by atomic mass is 32.2. The van der Waals surface area contributed by atoms with E-state index in [1.54, 1.807) is 7.11 Å². The van der Waals surface area contributed by atoms with E-state index in [0.29, 0.717) is 51.8 Å². The first-order valence-electron chi connectivity index (χ1n) is 9.30. The van der Waals surface area contributed by atoms with Gasteiger partial charge in [-0.2, -0.15) is 0 Å². The van der Waals surface area contributed by atoms with Crippen molar-refractivity contribution in [3.8, 4) is 5.75 Å². The highest BCUT2D eigenvalue weighted by Crippen LogP contribution is 2.17. The molecule has 1 aliphatic rings. The van der Waals surface area contributed by atoms with Gasteiger partial charge in [0.2, 0.25) is 10.0 Å². The van der Waals surface area contributed by atoms with E-state index in [1.807, 2.05) is 31.2 Å². The van der Waals surface area contributed by atoms with Crippen molar-refractivity contribution in [2.45, 2.75) is 19.8 Å². The molecule has 2 rings (SSSR count). The van der Waals surface area contributed by atoms with Crippen molar-refractivity contribution in [1.29, 1.82) is 0 Å². The largest absolute Gasteiger partial charge is 0.493 e. The third kappa shape index (κ3) is 7.36. The van der Waals surface area contributed by atoms with Gasteiger partial charge in [0.05, 0.1) is 18.9 Å². The second-order valence-corrected chi connectivity index (χ2v) is 8.27. The van der Waals surface area contributed by atoms with Gasteiger partial charge < -0.3 is 20.1 Å². The smallest absolute Gasteiger partial charge is 0.214 e. The average Bonchev–Trinajstić information content (AvgIpc) is 2.98. The molecular weight excluding hydrogens is 368 g/mol. The van der Waals surface area contributed by atoms with Gasteiger partial charge in [0, 0.05) is 51.5 Å². The lowest BCUT2D eigenvalue weighted by atomic mass is 10.3. The first-order valence-corrected chi connectivity index (χ1v) is 10.9. The Labute approximate surface area is 162 Å². The van der Waals surface area contributed by atoms with E-state index >= 15 is 0 Å². The van der Waals surface area contributed by atoms with Crippen LogP contribution in [0.4, 0.5) is 5.69 Å². The molecule has 0 unspecified atom stereocenters. The first kappa shape index (κ1) is 21.5. The molecule has 0 atom stereocenters. The summed E-state index contributed by atoms with van der Waals surface area (Å²) in [5.41, 5.74) is 0.854. The van der Waals surface area contributed by atoms with E-state index in [9.17, 15) is 8.42 Å². The third-order valence-corrected chi connectivity index (χ3v) is 5.98. The molecule has 0 saturated carbocycles. The van der Waals surface area contributed by atoms with Crippen LogP contribution >= 0.6 is 0 Å². The lowest BCUT2D eigenvalue weighted by Gasteiger charge is -2.15. The highest BCUT2D eigenvalue weighted by molar-refractivity contribution is 7.89. The summed E-state index contributed by atoms with van der Waals surface area (Å²) in [6, 6.07) is 7.65. The fourth-order valence-electron chi connectivity index (χ4n) is 2.72. The van der Waals surface area contributed by atoms with Gasteiger partial charge in [0.25, 0.3) is 0 Å². The van der Waals surface area contributed by atoms with Crippen LogP contribution in [0.25, 0.3) is 0 Å². The number of nitrogens with one attached hydrogen (secondary N) is 2. The molecule has 1 fully saturated rings. The fourth-order valence-corrected chi connectivity index (χ4v) is 4.24. The van der Waals surface area contributed by atoms with E-state index in [1.165, 1.54) is 4.31 Å². The molecule has 0 bridgehead atoms. The lowest BCUT2D eigenvalue weighted by Crippen LogP contribution is -2.33. The number of anilines is 1. The molecule has 0 aromatic heterocycles. The van der Waals surface area contributed by atoms with E-state index < -0.39 is 10.0 Å². The number of ether oxygens (including phenoxy) is 2. The van der Waals surface area contributed by atoms with Crippen LogP contribution in [0.3, 0.4) is 0 Å². The quantitative estimate of drug-likeness (QED) is 0.353. The predicted octanol–water partition coefficient (Wildman–Crippen LogP) is 1.51. The van der Waals surface area contributed by atoms with E-state index in [2.05, 4.69) is 15.6 Å². The highest BCUT2D eigenvalue weighted by Gasteiger charge is 2.27. The number of benzene rings is 1. The number of rotatable bonds is 10. The second kappa shape index (κ2) is 11.1. The molecule has 0 amide bonds. The van der Waals surface area contributed by atoms with Gasteiger partial charge >= 0.3 is 0 Å².